The van der Waals surface area contributed by atoms with Gasteiger partial charge in [0.25, 0.3) is 0 Å². The van der Waals surface area contributed by atoms with Crippen LogP contribution in [0.2, 0.25) is 0 Å². The lowest BCUT2D eigenvalue weighted by molar-refractivity contribution is 0.929. The van der Waals surface area contributed by atoms with Crippen molar-refractivity contribution in [1.82, 2.24) is 9.97 Å². The third-order valence-electron chi connectivity index (χ3n) is 1.62. The van der Waals surface area contributed by atoms with Crippen molar-refractivity contribution < 1.29 is 0 Å². The van der Waals surface area contributed by atoms with Crippen LogP contribution in [-0.4, -0.2) is 9.97 Å². The molecule has 1 rings (SSSR count). The Kier molecular flexibility index (Phi) is 2.41. The molecule has 1 aromatic heterocycles. The number of nitrogens with two attached hydrogens (primary N) is 1. The third kappa shape index (κ3) is 1.67. The molecule has 0 spiro atoms. The fourth-order valence-corrected chi connectivity index (χ4v) is 0.909. The van der Waals surface area contributed by atoms with Crippen LogP contribution < -0.4 is 5.73 Å². The fraction of sp³-hybridized carbons (Fsp3) is 0.500. The largest absolute Gasteiger partial charge is 0.382 e. The molecule has 11 heavy (non-hydrogen) atoms. The van der Waals surface area contributed by atoms with E-state index in [2.05, 4.69) is 16.9 Å². The van der Waals surface area contributed by atoms with Gasteiger partial charge in [-0.05, 0) is 12.8 Å². The highest BCUT2D eigenvalue weighted by atomic mass is 14.9. The topological polar surface area (TPSA) is 51.8 Å². The van der Waals surface area contributed by atoms with Gasteiger partial charge in [-0.3, -0.25) is 4.98 Å². The van der Waals surface area contributed by atoms with Crippen molar-refractivity contribution in [3.05, 3.63) is 17.6 Å². The van der Waals surface area contributed by atoms with Crippen LogP contribution in [0.25, 0.3) is 0 Å². The predicted molar refractivity (Wildman–Crippen MR) is 45.2 cm³/mol. The summed E-state index contributed by atoms with van der Waals surface area (Å²) in [7, 11) is 0. The lowest BCUT2D eigenvalue weighted by Gasteiger charge is -2.01. The molecule has 0 aliphatic carbocycles. The van der Waals surface area contributed by atoms with Crippen molar-refractivity contribution >= 4 is 5.82 Å². The van der Waals surface area contributed by atoms with Gasteiger partial charge >= 0.3 is 0 Å². The van der Waals surface area contributed by atoms with Crippen LogP contribution in [0.5, 0.6) is 0 Å². The summed E-state index contributed by atoms with van der Waals surface area (Å²) in [4.78, 5) is 8.36. The van der Waals surface area contributed by atoms with Crippen molar-refractivity contribution in [3.63, 3.8) is 0 Å². The van der Waals surface area contributed by atoms with Crippen molar-refractivity contribution in [2.24, 2.45) is 0 Å². The summed E-state index contributed by atoms with van der Waals surface area (Å²) in [6.07, 6.45) is 3.50. The van der Waals surface area contributed by atoms with Crippen LogP contribution in [0, 0.1) is 0 Å². The Morgan fingerprint density at radius 1 is 1.36 bits per heavy atom. The number of hydrogen-bond donors (Lipinski definition) is 1. The number of aromatic nitrogens is 2. The number of nitrogen functional groups attached to an aromatic ring is 1. The van der Waals surface area contributed by atoms with E-state index in [0.717, 1.165) is 24.2 Å². The SMILES string of the molecule is CCc1cnc(N)c(CC)n1. The number of anilines is 1. The zero-order valence-corrected chi connectivity index (χ0v) is 6.96. The van der Waals surface area contributed by atoms with Gasteiger partial charge in [0.05, 0.1) is 17.6 Å². The number of hydrogen-bond acceptors (Lipinski definition) is 3. The van der Waals surface area contributed by atoms with E-state index in [4.69, 9.17) is 5.73 Å². The maximum absolute atomic E-state index is 5.58. The zero-order valence-electron chi connectivity index (χ0n) is 6.96. The van der Waals surface area contributed by atoms with Gasteiger partial charge in [-0.2, -0.15) is 0 Å². The Bertz CT molecular complexity index is 245. The van der Waals surface area contributed by atoms with Crippen LogP contribution in [0.15, 0.2) is 6.20 Å². The summed E-state index contributed by atoms with van der Waals surface area (Å²) in [5.41, 5.74) is 7.50. The highest BCUT2D eigenvalue weighted by Crippen LogP contribution is 2.06. The summed E-state index contributed by atoms with van der Waals surface area (Å²) < 4.78 is 0. The Hall–Kier alpha value is -1.12. The Morgan fingerprint density at radius 2 is 2.09 bits per heavy atom. The molecule has 0 fully saturated rings. The molecule has 0 aliphatic rings. The molecule has 2 N–H and O–H groups in total. The van der Waals surface area contributed by atoms with Gasteiger partial charge < -0.3 is 5.73 Å². The van der Waals surface area contributed by atoms with Crippen LogP contribution in [0.1, 0.15) is 25.2 Å². The molecule has 1 aromatic rings. The summed E-state index contributed by atoms with van der Waals surface area (Å²) in [5, 5.41) is 0. The summed E-state index contributed by atoms with van der Waals surface area (Å²) >= 11 is 0. The van der Waals surface area contributed by atoms with Crippen LogP contribution in [0.4, 0.5) is 5.82 Å². The summed E-state index contributed by atoms with van der Waals surface area (Å²) in [6.45, 7) is 4.08. The molecule has 0 bridgehead atoms. The van der Waals surface area contributed by atoms with Crippen LogP contribution in [0.3, 0.4) is 0 Å². The summed E-state index contributed by atoms with van der Waals surface area (Å²) in [6, 6.07) is 0. The number of nitrogens with zero attached hydrogens (tertiary/aromatic N) is 2. The molecular formula is C8H13N3. The minimum absolute atomic E-state index is 0.560. The molecule has 3 heteroatoms. The van der Waals surface area contributed by atoms with E-state index in [1.54, 1.807) is 6.20 Å². The molecule has 0 unspecified atom stereocenters. The first kappa shape index (κ1) is 7.98. The molecule has 0 aromatic carbocycles. The summed E-state index contributed by atoms with van der Waals surface area (Å²) in [5.74, 6) is 0.560. The average molecular weight is 151 g/mol. The monoisotopic (exact) mass is 151 g/mol. The van der Waals surface area contributed by atoms with E-state index in [9.17, 15) is 0 Å². The third-order valence-corrected chi connectivity index (χ3v) is 1.62. The van der Waals surface area contributed by atoms with Gasteiger partial charge in [0, 0.05) is 0 Å². The number of aryl methyl sites for hydroxylation is 2. The standard InChI is InChI=1S/C8H13N3/c1-3-6-5-10-8(9)7(4-2)11-6/h5H,3-4H2,1-2H3,(H2,9,10). The van der Waals surface area contributed by atoms with E-state index >= 15 is 0 Å². The van der Waals surface area contributed by atoms with Gasteiger partial charge in [0.2, 0.25) is 0 Å². The quantitative estimate of drug-likeness (QED) is 0.690. The highest BCUT2D eigenvalue weighted by Gasteiger charge is 1.99. The second-order valence-corrected chi connectivity index (χ2v) is 2.40. The molecule has 0 atom stereocenters. The van der Waals surface area contributed by atoms with Gasteiger partial charge in [-0.15, -0.1) is 0 Å². The number of rotatable bonds is 2. The molecule has 0 saturated carbocycles. The lowest BCUT2D eigenvalue weighted by atomic mass is 10.3. The minimum Gasteiger partial charge on any atom is -0.382 e. The van der Waals surface area contributed by atoms with Gasteiger partial charge in [-0.1, -0.05) is 13.8 Å². The minimum atomic E-state index is 0.560. The zero-order chi connectivity index (χ0) is 8.27. The Labute approximate surface area is 66.7 Å². The van der Waals surface area contributed by atoms with E-state index in [0.29, 0.717) is 5.82 Å². The van der Waals surface area contributed by atoms with Crippen molar-refractivity contribution in [2.75, 3.05) is 5.73 Å². The first-order valence-corrected chi connectivity index (χ1v) is 3.88. The molecule has 0 radical (unpaired) electrons. The maximum atomic E-state index is 5.58. The Morgan fingerprint density at radius 3 is 2.64 bits per heavy atom. The molecule has 0 aliphatic heterocycles. The predicted octanol–water partition coefficient (Wildman–Crippen LogP) is 1.18. The lowest BCUT2D eigenvalue weighted by Crippen LogP contribution is -2.02. The van der Waals surface area contributed by atoms with E-state index in [-0.39, 0.29) is 0 Å². The van der Waals surface area contributed by atoms with Crippen molar-refractivity contribution in [3.8, 4) is 0 Å². The van der Waals surface area contributed by atoms with E-state index in [1.165, 1.54) is 0 Å². The molecular weight excluding hydrogens is 138 g/mol. The average Bonchev–Trinajstić information content (AvgIpc) is 2.05. The first-order valence-electron chi connectivity index (χ1n) is 3.88. The van der Waals surface area contributed by atoms with Crippen molar-refractivity contribution in [2.45, 2.75) is 26.7 Å². The smallest absolute Gasteiger partial charge is 0.145 e. The first-order chi connectivity index (χ1) is 5.27. The van der Waals surface area contributed by atoms with E-state index < -0.39 is 0 Å². The molecule has 60 valence electrons. The fourth-order valence-electron chi connectivity index (χ4n) is 0.909. The van der Waals surface area contributed by atoms with Crippen LogP contribution in [-0.2, 0) is 12.8 Å². The molecule has 1 heterocycles. The molecule has 0 amide bonds. The second-order valence-electron chi connectivity index (χ2n) is 2.40. The maximum Gasteiger partial charge on any atom is 0.145 e. The van der Waals surface area contributed by atoms with Crippen LogP contribution >= 0.6 is 0 Å². The normalized spacial score (nSPS) is 10.0. The second kappa shape index (κ2) is 3.32. The molecule has 0 saturated heterocycles. The van der Waals surface area contributed by atoms with Gasteiger partial charge in [0.1, 0.15) is 5.82 Å². The highest BCUT2D eigenvalue weighted by molar-refractivity contribution is 5.34. The van der Waals surface area contributed by atoms with E-state index in [1.807, 2.05) is 6.92 Å². The van der Waals surface area contributed by atoms with Gasteiger partial charge in [-0.25, -0.2) is 4.98 Å². The molecule has 3 nitrogen and oxygen atoms in total. The van der Waals surface area contributed by atoms with Crippen molar-refractivity contribution in [1.29, 1.82) is 0 Å². The van der Waals surface area contributed by atoms with Gasteiger partial charge in [0.15, 0.2) is 0 Å². The Balaban J connectivity index is 3.02.